The zero-order chi connectivity index (χ0) is 18.5. The molecule has 0 radical (unpaired) electrons. The van der Waals surface area contributed by atoms with Gasteiger partial charge in [0.25, 0.3) is 0 Å². The lowest BCUT2D eigenvalue weighted by Crippen LogP contribution is -2.33. The minimum absolute atomic E-state index is 0.0451. The fraction of sp³-hybridized carbons (Fsp3) is 0.182. The van der Waals surface area contributed by atoms with Crippen molar-refractivity contribution in [1.82, 2.24) is 5.32 Å². The van der Waals surface area contributed by atoms with Crippen LogP contribution in [-0.4, -0.2) is 18.4 Å². The summed E-state index contributed by atoms with van der Waals surface area (Å²) in [5, 5.41) is 7.66. The topological polar surface area (TPSA) is 58.2 Å². The molecule has 26 heavy (non-hydrogen) atoms. The van der Waals surface area contributed by atoms with E-state index in [1.54, 1.807) is 0 Å². The van der Waals surface area contributed by atoms with Crippen molar-refractivity contribution in [1.29, 1.82) is 0 Å². The van der Waals surface area contributed by atoms with E-state index < -0.39 is 0 Å². The Hall–Kier alpha value is -3.14. The number of rotatable bonds is 5. The molecule has 0 aliphatic heterocycles. The third-order valence-electron chi connectivity index (χ3n) is 4.47. The Morgan fingerprint density at radius 2 is 1.62 bits per heavy atom. The third kappa shape index (κ3) is 4.28. The van der Waals surface area contributed by atoms with Crippen molar-refractivity contribution in [3.63, 3.8) is 0 Å². The second-order valence-electron chi connectivity index (χ2n) is 6.44. The number of amides is 2. The lowest BCUT2D eigenvalue weighted by atomic mass is 10.0. The number of carbonyl (C=O) groups is 2. The zero-order valence-corrected chi connectivity index (χ0v) is 15.0. The smallest absolute Gasteiger partial charge is 0.243 e. The summed E-state index contributed by atoms with van der Waals surface area (Å²) in [4.78, 5) is 24.3. The van der Waals surface area contributed by atoms with Crippen molar-refractivity contribution < 1.29 is 9.59 Å². The van der Waals surface area contributed by atoms with Crippen LogP contribution in [0.2, 0.25) is 0 Å². The van der Waals surface area contributed by atoms with Gasteiger partial charge in [0.2, 0.25) is 11.8 Å². The average Bonchev–Trinajstić information content (AvgIpc) is 2.63. The molecule has 0 spiro atoms. The van der Waals surface area contributed by atoms with Crippen LogP contribution in [0, 0.1) is 13.8 Å². The van der Waals surface area contributed by atoms with Crippen LogP contribution in [-0.2, 0) is 16.0 Å². The molecule has 4 nitrogen and oxygen atoms in total. The molecule has 4 heteroatoms. The first-order valence-electron chi connectivity index (χ1n) is 8.63. The molecule has 0 aromatic heterocycles. The number of benzene rings is 3. The quantitative estimate of drug-likeness (QED) is 0.739. The Morgan fingerprint density at radius 3 is 2.42 bits per heavy atom. The molecule has 2 amide bonds. The molecule has 3 aromatic carbocycles. The maximum absolute atomic E-state index is 12.2. The van der Waals surface area contributed by atoms with Crippen LogP contribution in [0.15, 0.2) is 60.7 Å². The minimum Gasteiger partial charge on any atom is -0.347 e. The Labute approximate surface area is 153 Å². The first kappa shape index (κ1) is 17.7. The van der Waals surface area contributed by atoms with E-state index >= 15 is 0 Å². The summed E-state index contributed by atoms with van der Waals surface area (Å²) in [6, 6.07) is 19.6. The summed E-state index contributed by atoms with van der Waals surface area (Å²) in [7, 11) is 0. The number of hydrogen-bond acceptors (Lipinski definition) is 2. The van der Waals surface area contributed by atoms with Gasteiger partial charge in [-0.1, -0.05) is 48.5 Å². The van der Waals surface area contributed by atoms with Crippen molar-refractivity contribution in [2.45, 2.75) is 20.3 Å². The van der Waals surface area contributed by atoms with Crippen molar-refractivity contribution in [2.75, 3.05) is 11.9 Å². The van der Waals surface area contributed by atoms with Gasteiger partial charge in [-0.25, -0.2) is 0 Å². The molecule has 0 saturated carbocycles. The molecule has 0 aliphatic carbocycles. The van der Waals surface area contributed by atoms with Crippen LogP contribution in [0.25, 0.3) is 10.8 Å². The van der Waals surface area contributed by atoms with Crippen molar-refractivity contribution >= 4 is 28.3 Å². The highest BCUT2D eigenvalue weighted by Crippen LogP contribution is 2.19. The van der Waals surface area contributed by atoms with Crippen LogP contribution in [0.3, 0.4) is 0 Å². The largest absolute Gasteiger partial charge is 0.347 e. The highest BCUT2D eigenvalue weighted by atomic mass is 16.2. The number of hydrogen-bond donors (Lipinski definition) is 2. The van der Waals surface area contributed by atoms with Crippen molar-refractivity contribution in [3.8, 4) is 0 Å². The summed E-state index contributed by atoms with van der Waals surface area (Å²) >= 11 is 0. The van der Waals surface area contributed by atoms with Crippen molar-refractivity contribution in [3.05, 3.63) is 77.4 Å². The third-order valence-corrected chi connectivity index (χ3v) is 4.47. The average molecular weight is 346 g/mol. The van der Waals surface area contributed by atoms with E-state index in [9.17, 15) is 9.59 Å². The van der Waals surface area contributed by atoms with Gasteiger partial charge in [-0.05, 0) is 53.4 Å². The first-order chi connectivity index (χ1) is 12.5. The number of fused-ring (bicyclic) bond motifs is 1. The van der Waals surface area contributed by atoms with Gasteiger partial charge in [0, 0.05) is 5.69 Å². The molecule has 0 atom stereocenters. The number of anilines is 1. The molecule has 0 saturated heterocycles. The van der Waals surface area contributed by atoms with Crippen LogP contribution >= 0.6 is 0 Å². The molecule has 0 bridgehead atoms. The summed E-state index contributed by atoms with van der Waals surface area (Å²) in [5.41, 5.74) is 3.98. The Kier molecular flexibility index (Phi) is 5.32. The van der Waals surface area contributed by atoms with Gasteiger partial charge in [0.05, 0.1) is 13.0 Å². The highest BCUT2D eigenvalue weighted by Gasteiger charge is 2.09. The lowest BCUT2D eigenvalue weighted by Gasteiger charge is -2.10. The molecule has 3 aromatic rings. The summed E-state index contributed by atoms with van der Waals surface area (Å²) in [6.07, 6.45) is 0.248. The first-order valence-corrected chi connectivity index (χ1v) is 8.63. The lowest BCUT2D eigenvalue weighted by molar-refractivity contribution is -0.123. The molecule has 0 heterocycles. The van der Waals surface area contributed by atoms with Crippen LogP contribution < -0.4 is 10.6 Å². The van der Waals surface area contributed by atoms with Crippen LogP contribution in [0.1, 0.15) is 16.7 Å². The SMILES string of the molecule is Cc1ccc(NC(=O)CNC(=O)Cc2cccc3ccccc23)cc1C. The maximum atomic E-state index is 12.2. The van der Waals surface area contributed by atoms with Crippen LogP contribution in [0.4, 0.5) is 5.69 Å². The number of aryl methyl sites for hydroxylation is 2. The summed E-state index contributed by atoms with van der Waals surface area (Å²) in [6.45, 7) is 3.97. The molecule has 2 N–H and O–H groups in total. The maximum Gasteiger partial charge on any atom is 0.243 e. The fourth-order valence-electron chi connectivity index (χ4n) is 2.89. The van der Waals surface area contributed by atoms with Gasteiger partial charge in [-0.3, -0.25) is 9.59 Å². The molecule has 3 rings (SSSR count). The molecule has 0 unspecified atom stereocenters. The Balaban J connectivity index is 1.56. The van der Waals surface area contributed by atoms with E-state index in [1.165, 1.54) is 5.56 Å². The Bertz CT molecular complexity index is 958. The minimum atomic E-state index is -0.237. The normalized spacial score (nSPS) is 10.5. The zero-order valence-electron chi connectivity index (χ0n) is 15.0. The second-order valence-corrected chi connectivity index (χ2v) is 6.44. The second kappa shape index (κ2) is 7.83. The molecule has 132 valence electrons. The van der Waals surface area contributed by atoms with Gasteiger partial charge in [0.15, 0.2) is 0 Å². The van der Waals surface area contributed by atoms with Crippen molar-refractivity contribution in [2.24, 2.45) is 0 Å². The monoisotopic (exact) mass is 346 g/mol. The predicted molar refractivity (Wildman–Crippen MR) is 105 cm³/mol. The number of carbonyl (C=O) groups excluding carboxylic acids is 2. The summed E-state index contributed by atoms with van der Waals surface area (Å²) in [5.74, 6) is -0.406. The molecule has 0 aliphatic rings. The van der Waals surface area contributed by atoms with Gasteiger partial charge in [0.1, 0.15) is 0 Å². The van der Waals surface area contributed by atoms with E-state index in [2.05, 4.69) is 10.6 Å². The fourth-order valence-corrected chi connectivity index (χ4v) is 2.89. The molecule has 0 fully saturated rings. The Morgan fingerprint density at radius 1 is 0.846 bits per heavy atom. The number of nitrogens with one attached hydrogen (secondary N) is 2. The van der Waals surface area contributed by atoms with Gasteiger partial charge < -0.3 is 10.6 Å². The van der Waals surface area contributed by atoms with Gasteiger partial charge in [-0.2, -0.15) is 0 Å². The van der Waals surface area contributed by atoms with Crippen LogP contribution in [0.5, 0.6) is 0 Å². The predicted octanol–water partition coefficient (Wildman–Crippen LogP) is 3.75. The summed E-state index contributed by atoms with van der Waals surface area (Å²) < 4.78 is 0. The molecular formula is C22H22N2O2. The van der Waals surface area contributed by atoms with E-state index in [0.29, 0.717) is 0 Å². The van der Waals surface area contributed by atoms with E-state index in [1.807, 2.05) is 74.5 Å². The standard InChI is InChI=1S/C22H22N2O2/c1-15-10-11-19(12-16(15)2)24-22(26)14-23-21(25)13-18-8-5-7-17-6-3-4-9-20(17)18/h3-12H,13-14H2,1-2H3,(H,23,25)(H,24,26). The van der Waals surface area contributed by atoms with Gasteiger partial charge >= 0.3 is 0 Å². The highest BCUT2D eigenvalue weighted by molar-refractivity contribution is 5.96. The van der Waals surface area contributed by atoms with Gasteiger partial charge in [-0.15, -0.1) is 0 Å². The molecular weight excluding hydrogens is 324 g/mol. The van der Waals surface area contributed by atoms with E-state index in [0.717, 1.165) is 27.6 Å². The van der Waals surface area contributed by atoms with E-state index in [4.69, 9.17) is 0 Å². The van der Waals surface area contributed by atoms with E-state index in [-0.39, 0.29) is 24.8 Å².